The monoisotopic (exact) mass is 271 g/mol. The molecule has 0 radical (unpaired) electrons. The zero-order valence-electron chi connectivity index (χ0n) is 11.6. The predicted molar refractivity (Wildman–Crippen MR) is 75.0 cm³/mol. The fourth-order valence-corrected chi connectivity index (χ4v) is 2.53. The van der Waals surface area contributed by atoms with E-state index in [1.54, 1.807) is 17.8 Å². The van der Waals surface area contributed by atoms with Crippen molar-refractivity contribution >= 4 is 5.91 Å². The van der Waals surface area contributed by atoms with E-state index in [1.165, 1.54) is 0 Å². The van der Waals surface area contributed by atoms with E-state index < -0.39 is 0 Å². The predicted octanol–water partition coefficient (Wildman–Crippen LogP) is 1.63. The number of aromatic nitrogens is 2. The molecule has 0 saturated carbocycles. The van der Waals surface area contributed by atoms with Crippen molar-refractivity contribution in [3.63, 3.8) is 0 Å². The van der Waals surface area contributed by atoms with Gasteiger partial charge in [0, 0.05) is 25.1 Å². The van der Waals surface area contributed by atoms with E-state index in [-0.39, 0.29) is 11.8 Å². The molecule has 0 saturated heterocycles. The second-order valence-corrected chi connectivity index (χ2v) is 5.05. The molecule has 1 aromatic heterocycles. The molecule has 2 aromatic rings. The lowest BCUT2D eigenvalue weighted by Crippen LogP contribution is -2.30. The summed E-state index contributed by atoms with van der Waals surface area (Å²) in [4.78, 5) is 12.1. The molecule has 5 nitrogen and oxygen atoms in total. The van der Waals surface area contributed by atoms with E-state index in [0.717, 1.165) is 17.0 Å². The fourth-order valence-electron chi connectivity index (χ4n) is 2.53. The van der Waals surface area contributed by atoms with Gasteiger partial charge >= 0.3 is 0 Å². The Morgan fingerprint density at radius 1 is 1.50 bits per heavy atom. The number of rotatable bonds is 3. The van der Waals surface area contributed by atoms with E-state index in [2.05, 4.69) is 10.4 Å². The molecule has 3 rings (SSSR count). The molecular formula is C15H17N3O2. The first-order valence-electron chi connectivity index (χ1n) is 6.65. The lowest BCUT2D eigenvalue weighted by Gasteiger charge is -2.10. The molecule has 5 heteroatoms. The maximum atomic E-state index is 12.1. The van der Waals surface area contributed by atoms with Gasteiger partial charge in [0.15, 0.2) is 0 Å². The molecule has 1 amide bonds. The number of nitrogens with one attached hydrogen (secondary N) is 1. The van der Waals surface area contributed by atoms with Gasteiger partial charge in [0.25, 0.3) is 5.91 Å². The second kappa shape index (κ2) is 5.00. The number of nitrogens with zero attached hydrogens (tertiary/aromatic N) is 2. The minimum Gasteiger partial charge on any atom is -0.493 e. The first kappa shape index (κ1) is 12.7. The van der Waals surface area contributed by atoms with Gasteiger partial charge in [-0.15, -0.1) is 0 Å². The molecule has 1 aliphatic heterocycles. The van der Waals surface area contributed by atoms with Gasteiger partial charge in [0.05, 0.1) is 12.3 Å². The molecule has 0 aliphatic carbocycles. The molecule has 1 atom stereocenters. The number of benzene rings is 1. The maximum Gasteiger partial charge on any atom is 0.269 e. The van der Waals surface area contributed by atoms with Crippen molar-refractivity contribution in [2.75, 3.05) is 13.2 Å². The Morgan fingerprint density at radius 3 is 3.05 bits per heavy atom. The molecule has 20 heavy (non-hydrogen) atoms. The Bertz CT molecular complexity index is 648. The number of hydrogen-bond donors (Lipinski definition) is 1. The van der Waals surface area contributed by atoms with Crippen LogP contribution < -0.4 is 10.1 Å². The van der Waals surface area contributed by atoms with Crippen LogP contribution in [0.4, 0.5) is 0 Å². The standard InChI is InChI=1S/C15H17N3O2/c1-10-7-13(18(2)17-10)15(19)16-8-11-9-20-14-6-4-3-5-12(11)14/h3-7,11H,8-9H2,1-2H3,(H,16,19). The van der Waals surface area contributed by atoms with E-state index in [9.17, 15) is 4.79 Å². The summed E-state index contributed by atoms with van der Waals surface area (Å²) >= 11 is 0. The zero-order valence-corrected chi connectivity index (χ0v) is 11.6. The molecular weight excluding hydrogens is 254 g/mol. The number of ether oxygens (including phenoxy) is 1. The van der Waals surface area contributed by atoms with Crippen molar-refractivity contribution in [1.29, 1.82) is 0 Å². The van der Waals surface area contributed by atoms with Crippen molar-refractivity contribution in [2.45, 2.75) is 12.8 Å². The molecule has 1 aromatic carbocycles. The van der Waals surface area contributed by atoms with Gasteiger partial charge in [-0.1, -0.05) is 18.2 Å². The molecule has 1 unspecified atom stereocenters. The Balaban J connectivity index is 1.66. The summed E-state index contributed by atoms with van der Waals surface area (Å²) < 4.78 is 7.21. The number of fused-ring (bicyclic) bond motifs is 1. The van der Waals surface area contributed by atoms with Crippen LogP contribution in [0.15, 0.2) is 30.3 Å². The Kier molecular flexibility index (Phi) is 3.18. The summed E-state index contributed by atoms with van der Waals surface area (Å²) in [6, 6.07) is 9.74. The van der Waals surface area contributed by atoms with Crippen molar-refractivity contribution in [1.82, 2.24) is 15.1 Å². The van der Waals surface area contributed by atoms with Crippen LogP contribution in [0.5, 0.6) is 5.75 Å². The first-order chi connectivity index (χ1) is 9.65. The van der Waals surface area contributed by atoms with Crippen LogP contribution in [-0.2, 0) is 7.05 Å². The van der Waals surface area contributed by atoms with Gasteiger partial charge in [-0.2, -0.15) is 5.10 Å². The highest BCUT2D eigenvalue weighted by molar-refractivity contribution is 5.92. The first-order valence-corrected chi connectivity index (χ1v) is 6.65. The van der Waals surface area contributed by atoms with Crippen LogP contribution in [0.3, 0.4) is 0 Å². The van der Waals surface area contributed by atoms with Crippen molar-refractivity contribution in [2.24, 2.45) is 7.05 Å². The number of carbonyl (C=O) groups excluding carboxylic acids is 1. The normalized spacial score (nSPS) is 16.6. The summed E-state index contributed by atoms with van der Waals surface area (Å²) in [6.07, 6.45) is 0. The maximum absolute atomic E-state index is 12.1. The largest absolute Gasteiger partial charge is 0.493 e. The third kappa shape index (κ3) is 2.27. The Labute approximate surface area is 117 Å². The van der Waals surface area contributed by atoms with Crippen LogP contribution in [0.1, 0.15) is 27.7 Å². The van der Waals surface area contributed by atoms with Crippen LogP contribution in [-0.4, -0.2) is 28.8 Å². The summed E-state index contributed by atoms with van der Waals surface area (Å²) in [6.45, 7) is 3.06. The van der Waals surface area contributed by atoms with Crippen molar-refractivity contribution < 1.29 is 9.53 Å². The summed E-state index contributed by atoms with van der Waals surface area (Å²) in [5.74, 6) is 1.03. The topological polar surface area (TPSA) is 56.1 Å². The van der Waals surface area contributed by atoms with Crippen LogP contribution in [0.25, 0.3) is 0 Å². The minimum atomic E-state index is -0.0996. The third-order valence-corrected chi connectivity index (χ3v) is 3.54. The molecule has 0 fully saturated rings. The van der Waals surface area contributed by atoms with E-state index in [0.29, 0.717) is 18.8 Å². The van der Waals surface area contributed by atoms with Crippen LogP contribution in [0.2, 0.25) is 0 Å². The molecule has 1 N–H and O–H groups in total. The number of carbonyl (C=O) groups is 1. The SMILES string of the molecule is Cc1cc(C(=O)NCC2COc3ccccc32)n(C)n1. The van der Waals surface area contributed by atoms with E-state index in [4.69, 9.17) is 4.74 Å². The van der Waals surface area contributed by atoms with Gasteiger partial charge in [-0.25, -0.2) is 0 Å². The average Bonchev–Trinajstić information content (AvgIpc) is 2.99. The summed E-state index contributed by atoms with van der Waals surface area (Å²) in [7, 11) is 1.77. The summed E-state index contributed by atoms with van der Waals surface area (Å²) in [5, 5.41) is 7.14. The Morgan fingerprint density at radius 2 is 2.30 bits per heavy atom. The number of para-hydroxylation sites is 1. The molecule has 1 aliphatic rings. The van der Waals surface area contributed by atoms with Gasteiger partial charge in [0.1, 0.15) is 11.4 Å². The quantitative estimate of drug-likeness (QED) is 0.923. The van der Waals surface area contributed by atoms with Crippen molar-refractivity contribution in [3.8, 4) is 5.75 Å². The molecule has 2 heterocycles. The van der Waals surface area contributed by atoms with Crippen molar-refractivity contribution in [3.05, 3.63) is 47.3 Å². The smallest absolute Gasteiger partial charge is 0.269 e. The van der Waals surface area contributed by atoms with E-state index >= 15 is 0 Å². The third-order valence-electron chi connectivity index (χ3n) is 3.54. The number of hydrogen-bond acceptors (Lipinski definition) is 3. The molecule has 104 valence electrons. The number of aryl methyl sites for hydroxylation is 2. The highest BCUT2D eigenvalue weighted by Gasteiger charge is 2.24. The van der Waals surface area contributed by atoms with E-state index in [1.807, 2.05) is 31.2 Å². The average molecular weight is 271 g/mol. The number of amides is 1. The lowest BCUT2D eigenvalue weighted by molar-refractivity contribution is 0.0940. The molecule has 0 spiro atoms. The van der Waals surface area contributed by atoms with Gasteiger partial charge in [-0.3, -0.25) is 9.48 Å². The summed E-state index contributed by atoms with van der Waals surface area (Å²) in [5.41, 5.74) is 2.58. The fraction of sp³-hybridized carbons (Fsp3) is 0.333. The van der Waals surface area contributed by atoms with Crippen LogP contribution in [0, 0.1) is 6.92 Å². The lowest BCUT2D eigenvalue weighted by atomic mass is 10.0. The minimum absolute atomic E-state index is 0.0996. The second-order valence-electron chi connectivity index (χ2n) is 5.05. The zero-order chi connectivity index (χ0) is 14.1. The molecule has 0 bridgehead atoms. The van der Waals surface area contributed by atoms with Gasteiger partial charge < -0.3 is 10.1 Å². The van der Waals surface area contributed by atoms with Crippen LogP contribution >= 0.6 is 0 Å². The Hall–Kier alpha value is -2.30. The van der Waals surface area contributed by atoms with Gasteiger partial charge in [0.2, 0.25) is 0 Å². The highest BCUT2D eigenvalue weighted by atomic mass is 16.5. The van der Waals surface area contributed by atoms with Gasteiger partial charge in [-0.05, 0) is 19.1 Å². The highest BCUT2D eigenvalue weighted by Crippen LogP contribution is 2.32.